The number of halogens is 1. The minimum atomic E-state index is -0.478. The van der Waals surface area contributed by atoms with Crippen LogP contribution in [0.3, 0.4) is 0 Å². The number of nitrogens with zero attached hydrogens (tertiary/aromatic N) is 2. The van der Waals surface area contributed by atoms with Gasteiger partial charge in [-0.15, -0.1) is 0 Å². The van der Waals surface area contributed by atoms with Gasteiger partial charge in [0.1, 0.15) is 10.8 Å². The number of anilines is 1. The molecule has 21 heavy (non-hydrogen) atoms. The maximum atomic E-state index is 13.2. The minimum Gasteiger partial charge on any atom is -0.389 e. The number of carbonyl (C=O) groups excluding carboxylic acids is 1. The third-order valence-electron chi connectivity index (χ3n) is 2.84. The van der Waals surface area contributed by atoms with Gasteiger partial charge in [-0.3, -0.25) is 4.79 Å². The summed E-state index contributed by atoms with van der Waals surface area (Å²) in [5, 5.41) is 10.4. The molecule has 0 unspecified atom stereocenters. The lowest BCUT2D eigenvalue weighted by molar-refractivity contribution is 0.102. The number of nitrogens with two attached hydrogens (primary N) is 1. The van der Waals surface area contributed by atoms with Crippen molar-refractivity contribution in [3.8, 4) is 0 Å². The van der Waals surface area contributed by atoms with Gasteiger partial charge in [-0.25, -0.2) is 4.39 Å². The van der Waals surface area contributed by atoms with Crippen molar-refractivity contribution in [1.82, 2.24) is 10.2 Å². The SMILES string of the molecule is Cc1cc(C(=O)Nc2ccc(F)cc2C(N)=S)c(C)nn1. The summed E-state index contributed by atoms with van der Waals surface area (Å²) in [6.07, 6.45) is 0. The van der Waals surface area contributed by atoms with Crippen molar-refractivity contribution in [2.45, 2.75) is 13.8 Å². The Morgan fingerprint density at radius 1 is 1.24 bits per heavy atom. The Morgan fingerprint density at radius 3 is 2.62 bits per heavy atom. The molecule has 0 aliphatic heterocycles. The first-order valence-electron chi connectivity index (χ1n) is 6.10. The van der Waals surface area contributed by atoms with Crippen molar-refractivity contribution >= 4 is 28.8 Å². The summed E-state index contributed by atoms with van der Waals surface area (Å²) in [4.78, 5) is 12.3. The maximum Gasteiger partial charge on any atom is 0.257 e. The summed E-state index contributed by atoms with van der Waals surface area (Å²) in [7, 11) is 0. The Hall–Kier alpha value is -2.41. The van der Waals surface area contributed by atoms with Gasteiger partial charge < -0.3 is 11.1 Å². The van der Waals surface area contributed by atoms with E-state index in [0.717, 1.165) is 0 Å². The number of hydrogen-bond acceptors (Lipinski definition) is 4. The highest BCUT2D eigenvalue weighted by atomic mass is 32.1. The number of amides is 1. The fraction of sp³-hybridized carbons (Fsp3) is 0.143. The third-order valence-corrected chi connectivity index (χ3v) is 3.06. The molecule has 3 N–H and O–H groups in total. The molecule has 2 rings (SSSR count). The molecular weight excluding hydrogens is 291 g/mol. The molecule has 0 spiro atoms. The van der Waals surface area contributed by atoms with Crippen LogP contribution in [-0.2, 0) is 0 Å². The van der Waals surface area contributed by atoms with E-state index in [-0.39, 0.29) is 16.5 Å². The summed E-state index contributed by atoms with van der Waals surface area (Å²) in [6.45, 7) is 3.42. The zero-order valence-electron chi connectivity index (χ0n) is 11.5. The second-order valence-electron chi connectivity index (χ2n) is 4.49. The number of rotatable bonds is 3. The lowest BCUT2D eigenvalue weighted by Crippen LogP contribution is -2.19. The number of hydrogen-bond donors (Lipinski definition) is 2. The van der Waals surface area contributed by atoms with Gasteiger partial charge >= 0.3 is 0 Å². The maximum absolute atomic E-state index is 13.2. The molecule has 5 nitrogen and oxygen atoms in total. The molecule has 0 aliphatic carbocycles. The first kappa shape index (κ1) is 15.0. The Bertz CT molecular complexity index is 733. The lowest BCUT2D eigenvalue weighted by Gasteiger charge is -2.11. The van der Waals surface area contributed by atoms with Gasteiger partial charge in [0.15, 0.2) is 0 Å². The van der Waals surface area contributed by atoms with Gasteiger partial charge in [0.25, 0.3) is 5.91 Å². The van der Waals surface area contributed by atoms with Crippen molar-refractivity contribution < 1.29 is 9.18 Å². The van der Waals surface area contributed by atoms with Crippen molar-refractivity contribution in [3.63, 3.8) is 0 Å². The normalized spacial score (nSPS) is 10.2. The van der Waals surface area contributed by atoms with Gasteiger partial charge in [-0.2, -0.15) is 10.2 Å². The summed E-state index contributed by atoms with van der Waals surface area (Å²) in [6, 6.07) is 5.45. The molecule has 0 saturated carbocycles. The number of nitrogens with one attached hydrogen (secondary N) is 1. The van der Waals surface area contributed by atoms with Gasteiger partial charge in [0.2, 0.25) is 0 Å². The predicted octanol–water partition coefficient (Wildman–Crippen LogP) is 2.12. The van der Waals surface area contributed by atoms with E-state index in [4.69, 9.17) is 18.0 Å². The predicted molar refractivity (Wildman–Crippen MR) is 81.7 cm³/mol. The Morgan fingerprint density at radius 2 is 1.95 bits per heavy atom. The Labute approximate surface area is 126 Å². The minimum absolute atomic E-state index is 0.00514. The number of thiocarbonyl (C=S) groups is 1. The van der Waals surface area contributed by atoms with Crippen LogP contribution in [0, 0.1) is 19.7 Å². The average Bonchev–Trinajstić information content (AvgIpc) is 2.43. The van der Waals surface area contributed by atoms with E-state index >= 15 is 0 Å². The van der Waals surface area contributed by atoms with E-state index in [1.54, 1.807) is 19.9 Å². The van der Waals surface area contributed by atoms with Crippen LogP contribution in [0.1, 0.15) is 27.3 Å². The zero-order chi connectivity index (χ0) is 15.6. The first-order chi connectivity index (χ1) is 9.88. The van der Waals surface area contributed by atoms with Crippen LogP contribution in [0.25, 0.3) is 0 Å². The van der Waals surface area contributed by atoms with Crippen LogP contribution in [0.15, 0.2) is 24.3 Å². The second-order valence-corrected chi connectivity index (χ2v) is 4.93. The molecule has 1 aromatic carbocycles. The van der Waals surface area contributed by atoms with Gasteiger partial charge in [0, 0.05) is 5.56 Å². The molecule has 0 atom stereocenters. The van der Waals surface area contributed by atoms with Crippen molar-refractivity contribution in [1.29, 1.82) is 0 Å². The highest BCUT2D eigenvalue weighted by Crippen LogP contribution is 2.18. The number of aromatic nitrogens is 2. The molecule has 0 fully saturated rings. The van der Waals surface area contributed by atoms with Crippen LogP contribution >= 0.6 is 12.2 Å². The highest BCUT2D eigenvalue weighted by molar-refractivity contribution is 7.80. The molecule has 0 radical (unpaired) electrons. The Kier molecular flexibility index (Phi) is 4.23. The van der Waals surface area contributed by atoms with E-state index in [1.807, 2.05) is 0 Å². The fourth-order valence-electron chi connectivity index (χ4n) is 1.80. The average molecular weight is 304 g/mol. The third kappa shape index (κ3) is 3.38. The van der Waals surface area contributed by atoms with E-state index in [1.165, 1.54) is 18.2 Å². The molecule has 1 aromatic heterocycles. The molecule has 2 aromatic rings. The lowest BCUT2D eigenvalue weighted by atomic mass is 10.1. The summed E-state index contributed by atoms with van der Waals surface area (Å²) in [5.74, 6) is -0.858. The monoisotopic (exact) mass is 304 g/mol. The van der Waals surface area contributed by atoms with Crippen molar-refractivity contribution in [3.05, 3.63) is 52.6 Å². The zero-order valence-corrected chi connectivity index (χ0v) is 12.3. The molecule has 0 bridgehead atoms. The topological polar surface area (TPSA) is 80.9 Å². The van der Waals surface area contributed by atoms with Crippen LogP contribution in [0.2, 0.25) is 0 Å². The molecule has 0 aliphatic rings. The van der Waals surface area contributed by atoms with Crippen LogP contribution in [0.5, 0.6) is 0 Å². The molecular formula is C14H13FN4OS. The summed E-state index contributed by atoms with van der Waals surface area (Å²) < 4.78 is 13.2. The van der Waals surface area contributed by atoms with Gasteiger partial charge in [-0.05, 0) is 38.1 Å². The van der Waals surface area contributed by atoms with Crippen molar-refractivity contribution in [2.75, 3.05) is 5.32 Å². The molecule has 0 saturated heterocycles. The van der Waals surface area contributed by atoms with Crippen LogP contribution < -0.4 is 11.1 Å². The summed E-state index contributed by atoms with van der Waals surface area (Å²) in [5.41, 5.74) is 7.68. The van der Waals surface area contributed by atoms with Crippen LogP contribution in [0.4, 0.5) is 10.1 Å². The van der Waals surface area contributed by atoms with Gasteiger partial charge in [0.05, 0.1) is 22.6 Å². The number of aryl methyl sites for hydroxylation is 2. The number of benzene rings is 1. The second kappa shape index (κ2) is 5.92. The smallest absolute Gasteiger partial charge is 0.257 e. The van der Waals surface area contributed by atoms with E-state index < -0.39 is 5.82 Å². The van der Waals surface area contributed by atoms with E-state index in [9.17, 15) is 9.18 Å². The standard InChI is InChI=1S/C14H13FN4OS/c1-7-5-10(8(2)19-18-7)14(20)17-12-4-3-9(15)6-11(12)13(16)21/h3-6H,1-2H3,(H2,16,21)(H,17,20). The number of carbonyl (C=O) groups is 1. The quantitative estimate of drug-likeness (QED) is 0.849. The molecule has 108 valence electrons. The molecule has 1 amide bonds. The van der Waals surface area contributed by atoms with E-state index in [0.29, 0.717) is 22.6 Å². The van der Waals surface area contributed by atoms with E-state index in [2.05, 4.69) is 15.5 Å². The molecule has 7 heteroatoms. The molecule has 1 heterocycles. The fourth-order valence-corrected chi connectivity index (χ4v) is 1.97. The Balaban J connectivity index is 2.36. The highest BCUT2D eigenvalue weighted by Gasteiger charge is 2.14. The van der Waals surface area contributed by atoms with Gasteiger partial charge in [-0.1, -0.05) is 12.2 Å². The van der Waals surface area contributed by atoms with Crippen molar-refractivity contribution in [2.24, 2.45) is 5.73 Å². The first-order valence-corrected chi connectivity index (χ1v) is 6.51. The van der Waals surface area contributed by atoms with Crippen LogP contribution in [-0.4, -0.2) is 21.1 Å². The largest absolute Gasteiger partial charge is 0.389 e. The summed E-state index contributed by atoms with van der Waals surface area (Å²) >= 11 is 4.86.